The van der Waals surface area contributed by atoms with Crippen molar-refractivity contribution in [3.63, 3.8) is 0 Å². The first kappa shape index (κ1) is 15.7. The Morgan fingerprint density at radius 1 is 1.38 bits per heavy atom. The maximum absolute atomic E-state index is 11.7. The summed E-state index contributed by atoms with van der Waals surface area (Å²) in [5.41, 5.74) is 1.75. The molecule has 0 amide bonds. The smallest absolute Gasteiger partial charge is 0.348 e. The number of nitrogens with zero attached hydrogens (tertiary/aromatic N) is 2. The monoisotopic (exact) mass is 324 g/mol. The summed E-state index contributed by atoms with van der Waals surface area (Å²) in [4.78, 5) is 11.7. The summed E-state index contributed by atoms with van der Waals surface area (Å²) >= 11 is 0. The molecule has 1 aliphatic rings. The number of aromatic nitrogens is 1. The summed E-state index contributed by atoms with van der Waals surface area (Å²) in [6, 6.07) is 11.3. The molecule has 1 aliphatic heterocycles. The van der Waals surface area contributed by atoms with E-state index in [1.54, 1.807) is 6.92 Å². The normalized spacial score (nSPS) is 12.8. The van der Waals surface area contributed by atoms with Crippen molar-refractivity contribution in [1.82, 2.24) is 4.57 Å². The van der Waals surface area contributed by atoms with Gasteiger partial charge in [-0.3, -0.25) is 0 Å². The predicted molar refractivity (Wildman–Crippen MR) is 86.3 cm³/mol. The second-order valence-corrected chi connectivity index (χ2v) is 5.14. The number of rotatable bonds is 5. The van der Waals surface area contributed by atoms with Gasteiger partial charge in [0.25, 0.3) is 0 Å². The van der Waals surface area contributed by atoms with Gasteiger partial charge in [0.05, 0.1) is 6.61 Å². The Morgan fingerprint density at radius 2 is 2.21 bits per heavy atom. The summed E-state index contributed by atoms with van der Waals surface area (Å²) in [6.45, 7) is 2.75. The van der Waals surface area contributed by atoms with Crippen LogP contribution < -0.4 is 9.47 Å². The van der Waals surface area contributed by atoms with Crippen LogP contribution in [-0.4, -0.2) is 23.9 Å². The van der Waals surface area contributed by atoms with E-state index in [1.165, 1.54) is 6.08 Å². The zero-order valence-corrected chi connectivity index (χ0v) is 13.2. The third-order valence-corrected chi connectivity index (χ3v) is 3.56. The second kappa shape index (κ2) is 6.92. The summed E-state index contributed by atoms with van der Waals surface area (Å²) < 4.78 is 17.5. The molecular weight excluding hydrogens is 308 g/mol. The number of nitriles is 1. The van der Waals surface area contributed by atoms with Crippen LogP contribution >= 0.6 is 0 Å². The molecule has 2 aromatic rings. The van der Waals surface area contributed by atoms with Crippen LogP contribution in [0.3, 0.4) is 0 Å². The second-order valence-electron chi connectivity index (χ2n) is 5.14. The highest BCUT2D eigenvalue weighted by atomic mass is 16.7. The highest BCUT2D eigenvalue weighted by Gasteiger charge is 2.14. The summed E-state index contributed by atoms with van der Waals surface area (Å²) in [5.74, 6) is 0.845. The molecule has 3 rings (SSSR count). The molecule has 0 unspecified atom stereocenters. The molecule has 1 aromatic heterocycles. The fraction of sp³-hybridized carbons (Fsp3) is 0.222. The molecule has 122 valence electrons. The van der Waals surface area contributed by atoms with E-state index in [9.17, 15) is 4.79 Å². The molecule has 24 heavy (non-hydrogen) atoms. The minimum Gasteiger partial charge on any atom is -0.462 e. The van der Waals surface area contributed by atoms with E-state index >= 15 is 0 Å². The van der Waals surface area contributed by atoms with E-state index in [-0.39, 0.29) is 19.0 Å². The van der Waals surface area contributed by atoms with Crippen LogP contribution in [0.1, 0.15) is 18.2 Å². The Morgan fingerprint density at radius 3 is 3.00 bits per heavy atom. The molecule has 0 fully saturated rings. The molecule has 1 aromatic carbocycles. The fourth-order valence-corrected chi connectivity index (χ4v) is 2.43. The topological polar surface area (TPSA) is 73.5 Å². The molecular formula is C18H16N2O4. The standard InChI is InChI=1S/C18H16N2O4/c1-2-22-18(21)14(10-19)9-15-4-3-7-20(15)11-13-5-6-16-17(8-13)24-12-23-16/h3-9H,2,11-12H2,1H3. The third-order valence-electron chi connectivity index (χ3n) is 3.56. The number of hydrogen-bond acceptors (Lipinski definition) is 5. The number of carbonyl (C=O) groups is 1. The number of fused-ring (bicyclic) bond motifs is 1. The lowest BCUT2D eigenvalue weighted by atomic mass is 10.2. The van der Waals surface area contributed by atoms with Gasteiger partial charge in [-0.1, -0.05) is 6.07 Å². The Hall–Kier alpha value is -3.20. The lowest BCUT2D eigenvalue weighted by Gasteiger charge is -2.08. The SMILES string of the molecule is CCOC(=O)C(C#N)=Cc1cccn1Cc1ccc2c(c1)OCO2. The van der Waals surface area contributed by atoms with Crippen molar-refractivity contribution in [1.29, 1.82) is 5.26 Å². The largest absolute Gasteiger partial charge is 0.462 e. The number of hydrogen-bond donors (Lipinski definition) is 0. The summed E-state index contributed by atoms with van der Waals surface area (Å²) in [5, 5.41) is 9.15. The van der Waals surface area contributed by atoms with Gasteiger partial charge < -0.3 is 18.8 Å². The maximum Gasteiger partial charge on any atom is 0.348 e. The van der Waals surface area contributed by atoms with Crippen LogP contribution in [0, 0.1) is 11.3 Å². The van der Waals surface area contributed by atoms with Crippen molar-refractivity contribution in [2.45, 2.75) is 13.5 Å². The number of ether oxygens (including phenoxy) is 3. The predicted octanol–water partition coefficient (Wildman–Crippen LogP) is 2.74. The minimum atomic E-state index is -0.615. The van der Waals surface area contributed by atoms with Gasteiger partial charge in [-0.2, -0.15) is 5.26 Å². The van der Waals surface area contributed by atoms with E-state index < -0.39 is 5.97 Å². The van der Waals surface area contributed by atoms with E-state index in [4.69, 9.17) is 19.5 Å². The van der Waals surface area contributed by atoms with Gasteiger partial charge >= 0.3 is 5.97 Å². The first-order chi connectivity index (χ1) is 11.7. The van der Waals surface area contributed by atoms with Crippen molar-refractivity contribution in [2.75, 3.05) is 13.4 Å². The molecule has 6 heteroatoms. The van der Waals surface area contributed by atoms with Gasteiger partial charge in [-0.05, 0) is 42.8 Å². The fourth-order valence-electron chi connectivity index (χ4n) is 2.43. The van der Waals surface area contributed by atoms with E-state index in [0.29, 0.717) is 6.54 Å². The van der Waals surface area contributed by atoms with E-state index in [1.807, 2.05) is 47.2 Å². The molecule has 0 atom stereocenters. The van der Waals surface area contributed by atoms with E-state index in [0.717, 1.165) is 22.8 Å². The maximum atomic E-state index is 11.7. The van der Waals surface area contributed by atoms with Gasteiger partial charge in [-0.25, -0.2) is 4.79 Å². The Labute approximate surface area is 139 Å². The van der Waals surface area contributed by atoms with Gasteiger partial charge in [0.15, 0.2) is 11.5 Å². The van der Waals surface area contributed by atoms with Crippen LogP contribution in [0.15, 0.2) is 42.1 Å². The average Bonchev–Trinajstić information content (AvgIpc) is 3.21. The number of benzene rings is 1. The molecule has 0 spiro atoms. The van der Waals surface area contributed by atoms with Crippen molar-refractivity contribution in [2.24, 2.45) is 0 Å². The molecule has 0 saturated heterocycles. The quantitative estimate of drug-likeness (QED) is 0.480. The third kappa shape index (κ3) is 3.25. The summed E-state index contributed by atoms with van der Waals surface area (Å²) in [6.07, 6.45) is 3.42. The Balaban J connectivity index is 1.83. The molecule has 2 heterocycles. The van der Waals surface area contributed by atoms with Crippen LogP contribution in [0.4, 0.5) is 0 Å². The van der Waals surface area contributed by atoms with Crippen LogP contribution in [0.25, 0.3) is 6.08 Å². The van der Waals surface area contributed by atoms with Crippen LogP contribution in [0.5, 0.6) is 11.5 Å². The molecule has 0 aliphatic carbocycles. The number of carbonyl (C=O) groups excluding carboxylic acids is 1. The molecule has 0 saturated carbocycles. The van der Waals surface area contributed by atoms with Gasteiger partial charge in [-0.15, -0.1) is 0 Å². The van der Waals surface area contributed by atoms with Crippen molar-refractivity contribution < 1.29 is 19.0 Å². The minimum absolute atomic E-state index is 0.0255. The lowest BCUT2D eigenvalue weighted by molar-refractivity contribution is -0.137. The highest BCUT2D eigenvalue weighted by Crippen LogP contribution is 2.32. The van der Waals surface area contributed by atoms with Crippen LogP contribution in [0.2, 0.25) is 0 Å². The van der Waals surface area contributed by atoms with Crippen molar-refractivity contribution in [3.05, 3.63) is 53.4 Å². The lowest BCUT2D eigenvalue weighted by Crippen LogP contribution is -2.07. The first-order valence-corrected chi connectivity index (χ1v) is 7.54. The average molecular weight is 324 g/mol. The van der Waals surface area contributed by atoms with Gasteiger partial charge in [0.1, 0.15) is 11.6 Å². The zero-order valence-electron chi connectivity index (χ0n) is 13.2. The Kier molecular flexibility index (Phi) is 4.52. The van der Waals surface area contributed by atoms with Gasteiger partial charge in [0.2, 0.25) is 6.79 Å². The van der Waals surface area contributed by atoms with Crippen molar-refractivity contribution in [3.8, 4) is 17.6 Å². The molecule has 0 radical (unpaired) electrons. The van der Waals surface area contributed by atoms with Crippen molar-refractivity contribution >= 4 is 12.0 Å². The summed E-state index contributed by atoms with van der Waals surface area (Å²) in [7, 11) is 0. The first-order valence-electron chi connectivity index (χ1n) is 7.54. The molecule has 0 N–H and O–H groups in total. The molecule has 6 nitrogen and oxygen atoms in total. The Bertz CT molecular complexity index is 830. The van der Waals surface area contributed by atoms with Crippen LogP contribution in [-0.2, 0) is 16.1 Å². The number of esters is 1. The molecule has 0 bridgehead atoms. The van der Waals surface area contributed by atoms with E-state index in [2.05, 4.69) is 0 Å². The zero-order chi connectivity index (χ0) is 16.9. The van der Waals surface area contributed by atoms with Gasteiger partial charge in [0, 0.05) is 18.4 Å². The highest BCUT2D eigenvalue weighted by molar-refractivity contribution is 5.97.